The van der Waals surface area contributed by atoms with E-state index in [1.54, 1.807) is 7.11 Å². The second kappa shape index (κ2) is 8.86. The minimum Gasteiger partial charge on any atom is -0.383 e. The van der Waals surface area contributed by atoms with Gasteiger partial charge in [-0.2, -0.15) is 0 Å². The molecule has 1 aromatic carbocycles. The van der Waals surface area contributed by atoms with Crippen LogP contribution in [0.2, 0.25) is 0 Å². The fourth-order valence-electron chi connectivity index (χ4n) is 5.88. The van der Waals surface area contributed by atoms with Crippen LogP contribution in [0.4, 0.5) is 0 Å². The molecular formula is C24H34N2O3. The summed E-state index contributed by atoms with van der Waals surface area (Å²) >= 11 is 0. The second-order valence-electron chi connectivity index (χ2n) is 8.98. The van der Waals surface area contributed by atoms with Crippen LogP contribution in [-0.4, -0.2) is 48.6 Å². The Morgan fingerprint density at radius 2 is 1.79 bits per heavy atom. The predicted molar refractivity (Wildman–Crippen MR) is 113 cm³/mol. The van der Waals surface area contributed by atoms with Crippen LogP contribution in [0.1, 0.15) is 86.0 Å². The van der Waals surface area contributed by atoms with Crippen LogP contribution in [-0.2, 0) is 9.53 Å². The first kappa shape index (κ1) is 20.4. The summed E-state index contributed by atoms with van der Waals surface area (Å²) in [6.45, 7) is 1.03. The molecule has 29 heavy (non-hydrogen) atoms. The molecule has 1 spiro atoms. The Morgan fingerprint density at radius 3 is 2.48 bits per heavy atom. The van der Waals surface area contributed by atoms with Gasteiger partial charge in [-0.25, -0.2) is 0 Å². The van der Waals surface area contributed by atoms with Crippen LogP contribution in [0.15, 0.2) is 24.3 Å². The Labute approximate surface area is 174 Å². The number of benzene rings is 1. The van der Waals surface area contributed by atoms with Gasteiger partial charge in [-0.05, 0) is 37.3 Å². The lowest BCUT2D eigenvalue weighted by atomic mass is 9.71. The van der Waals surface area contributed by atoms with Crippen molar-refractivity contribution in [2.75, 3.05) is 20.3 Å². The molecule has 1 aliphatic heterocycles. The fraction of sp³-hybridized carbons (Fsp3) is 0.667. The number of hydrogen-bond donors (Lipinski definition) is 1. The lowest BCUT2D eigenvalue weighted by Gasteiger charge is -2.50. The number of carbonyl (C=O) groups is 2. The highest BCUT2D eigenvalue weighted by atomic mass is 16.5. The summed E-state index contributed by atoms with van der Waals surface area (Å²) in [7, 11) is 1.67. The molecule has 2 aliphatic carbocycles. The van der Waals surface area contributed by atoms with Crippen molar-refractivity contribution in [1.29, 1.82) is 0 Å². The maximum Gasteiger partial charge on any atom is 0.254 e. The van der Waals surface area contributed by atoms with Crippen molar-refractivity contribution in [3.05, 3.63) is 35.4 Å². The maximum absolute atomic E-state index is 13.7. The van der Waals surface area contributed by atoms with Gasteiger partial charge >= 0.3 is 0 Å². The number of rotatable bonds is 5. The zero-order valence-electron chi connectivity index (χ0n) is 17.6. The van der Waals surface area contributed by atoms with Crippen LogP contribution in [0, 0.1) is 0 Å². The third-order valence-electron chi connectivity index (χ3n) is 7.27. The molecule has 0 bridgehead atoms. The van der Waals surface area contributed by atoms with E-state index in [2.05, 4.69) is 5.32 Å². The number of nitrogens with one attached hydrogen (secondary N) is 1. The molecule has 1 heterocycles. The highest BCUT2D eigenvalue weighted by molar-refractivity contribution is 6.02. The SMILES string of the molecule is COCCN1C(=O)c2ccccc2[C@@H](C(=O)NC2CCCCCC2)C12CCCC2. The van der Waals surface area contributed by atoms with E-state index in [9.17, 15) is 9.59 Å². The van der Waals surface area contributed by atoms with Crippen molar-refractivity contribution in [2.45, 2.75) is 81.7 Å². The molecule has 1 N–H and O–H groups in total. The Hall–Kier alpha value is -1.88. The number of nitrogens with zero attached hydrogens (tertiary/aromatic N) is 1. The van der Waals surface area contributed by atoms with Gasteiger partial charge in [0.05, 0.1) is 18.1 Å². The number of carbonyl (C=O) groups excluding carboxylic acids is 2. The Kier molecular flexibility index (Phi) is 6.23. The van der Waals surface area contributed by atoms with Crippen molar-refractivity contribution < 1.29 is 14.3 Å². The first-order chi connectivity index (χ1) is 14.2. The zero-order chi connectivity index (χ0) is 20.3. The van der Waals surface area contributed by atoms with Gasteiger partial charge in [-0.3, -0.25) is 9.59 Å². The van der Waals surface area contributed by atoms with Crippen molar-refractivity contribution in [1.82, 2.24) is 10.2 Å². The van der Waals surface area contributed by atoms with E-state index in [4.69, 9.17) is 4.74 Å². The Balaban J connectivity index is 1.70. The predicted octanol–water partition coefficient (Wildman–Crippen LogP) is 4.02. The number of hydrogen-bond acceptors (Lipinski definition) is 3. The molecular weight excluding hydrogens is 364 g/mol. The van der Waals surface area contributed by atoms with Gasteiger partial charge in [0.2, 0.25) is 5.91 Å². The van der Waals surface area contributed by atoms with Gasteiger partial charge in [0.15, 0.2) is 0 Å². The van der Waals surface area contributed by atoms with Gasteiger partial charge in [-0.15, -0.1) is 0 Å². The minimum absolute atomic E-state index is 0.0538. The summed E-state index contributed by atoms with van der Waals surface area (Å²) < 4.78 is 5.32. The van der Waals surface area contributed by atoms with Gasteiger partial charge in [0, 0.05) is 25.3 Å². The standard InChI is InChI=1S/C24H34N2O3/c1-29-17-16-26-23(28)20-13-7-6-12-19(20)21(24(26)14-8-9-15-24)22(27)25-18-10-4-2-3-5-11-18/h6-7,12-13,18,21H,2-5,8-11,14-17H2,1H3,(H,25,27)/t21-/m0/s1. The van der Waals surface area contributed by atoms with E-state index in [-0.39, 0.29) is 23.8 Å². The summed E-state index contributed by atoms with van der Waals surface area (Å²) in [6, 6.07) is 8.01. The topological polar surface area (TPSA) is 58.6 Å². The first-order valence-electron chi connectivity index (χ1n) is 11.4. The highest BCUT2D eigenvalue weighted by Gasteiger charge is 2.55. The van der Waals surface area contributed by atoms with E-state index >= 15 is 0 Å². The summed E-state index contributed by atoms with van der Waals surface area (Å²) in [6.07, 6.45) is 10.9. The van der Waals surface area contributed by atoms with Crippen molar-refractivity contribution >= 4 is 11.8 Å². The van der Waals surface area contributed by atoms with Crippen LogP contribution in [0.3, 0.4) is 0 Å². The van der Waals surface area contributed by atoms with Gasteiger partial charge < -0.3 is 15.0 Å². The molecule has 5 nitrogen and oxygen atoms in total. The van der Waals surface area contributed by atoms with Crippen molar-refractivity contribution in [3.8, 4) is 0 Å². The van der Waals surface area contributed by atoms with Crippen LogP contribution < -0.4 is 5.32 Å². The van der Waals surface area contributed by atoms with E-state index < -0.39 is 5.54 Å². The molecule has 2 fully saturated rings. The number of ether oxygens (including phenoxy) is 1. The minimum atomic E-state index is -0.418. The number of amides is 2. The average Bonchev–Trinajstić information content (AvgIpc) is 3.05. The van der Waals surface area contributed by atoms with E-state index in [1.165, 1.54) is 25.7 Å². The molecule has 0 radical (unpaired) electrons. The monoisotopic (exact) mass is 398 g/mol. The van der Waals surface area contributed by atoms with E-state index in [0.29, 0.717) is 18.7 Å². The Morgan fingerprint density at radius 1 is 1.10 bits per heavy atom. The highest BCUT2D eigenvalue weighted by Crippen LogP contribution is 2.50. The molecule has 0 saturated heterocycles. The van der Waals surface area contributed by atoms with Gasteiger partial charge in [-0.1, -0.05) is 56.7 Å². The van der Waals surface area contributed by atoms with Crippen LogP contribution in [0.5, 0.6) is 0 Å². The van der Waals surface area contributed by atoms with E-state index in [1.807, 2.05) is 29.2 Å². The largest absolute Gasteiger partial charge is 0.383 e. The molecule has 2 amide bonds. The summed E-state index contributed by atoms with van der Waals surface area (Å²) in [5.41, 5.74) is 1.18. The third kappa shape index (κ3) is 3.81. The molecule has 3 aliphatic rings. The van der Waals surface area contributed by atoms with E-state index in [0.717, 1.165) is 44.1 Å². The van der Waals surface area contributed by atoms with Crippen LogP contribution >= 0.6 is 0 Å². The molecule has 4 rings (SSSR count). The third-order valence-corrected chi connectivity index (χ3v) is 7.27. The summed E-state index contributed by atoms with van der Waals surface area (Å²) in [5, 5.41) is 3.40. The average molecular weight is 399 g/mol. The Bertz CT molecular complexity index is 733. The zero-order valence-corrected chi connectivity index (χ0v) is 17.6. The maximum atomic E-state index is 13.7. The molecule has 1 atom stereocenters. The summed E-state index contributed by atoms with van der Waals surface area (Å²) in [4.78, 5) is 29.1. The molecule has 0 aromatic heterocycles. The lowest BCUT2D eigenvalue weighted by Crippen LogP contribution is -2.61. The number of fused-ring (bicyclic) bond motifs is 1. The molecule has 0 unspecified atom stereocenters. The molecule has 1 aromatic rings. The molecule has 5 heteroatoms. The molecule has 2 saturated carbocycles. The van der Waals surface area contributed by atoms with Crippen LogP contribution in [0.25, 0.3) is 0 Å². The van der Waals surface area contributed by atoms with Gasteiger partial charge in [0.1, 0.15) is 0 Å². The van der Waals surface area contributed by atoms with Crippen molar-refractivity contribution in [2.24, 2.45) is 0 Å². The number of methoxy groups -OCH3 is 1. The fourth-order valence-corrected chi connectivity index (χ4v) is 5.88. The van der Waals surface area contributed by atoms with Gasteiger partial charge in [0.25, 0.3) is 5.91 Å². The first-order valence-corrected chi connectivity index (χ1v) is 11.4. The second-order valence-corrected chi connectivity index (χ2v) is 8.98. The quantitative estimate of drug-likeness (QED) is 0.762. The smallest absolute Gasteiger partial charge is 0.254 e. The normalized spacial score (nSPS) is 24.4. The van der Waals surface area contributed by atoms with Crippen molar-refractivity contribution in [3.63, 3.8) is 0 Å². The lowest BCUT2D eigenvalue weighted by molar-refractivity contribution is -0.127. The molecule has 158 valence electrons. The summed E-state index contributed by atoms with van der Waals surface area (Å²) in [5.74, 6) is -0.127.